The van der Waals surface area contributed by atoms with E-state index in [0.29, 0.717) is 31.3 Å². The van der Waals surface area contributed by atoms with E-state index in [9.17, 15) is 4.79 Å². The van der Waals surface area contributed by atoms with E-state index in [-0.39, 0.29) is 24.2 Å². The number of nitrogens with one attached hydrogen (secondary N) is 1. The quantitative estimate of drug-likeness (QED) is 0.829. The zero-order valence-electron chi connectivity index (χ0n) is 14.1. The number of aryl methyl sites for hydroxylation is 1. The van der Waals surface area contributed by atoms with E-state index in [1.807, 2.05) is 31.2 Å². The lowest BCUT2D eigenvalue weighted by Gasteiger charge is -2.26. The summed E-state index contributed by atoms with van der Waals surface area (Å²) < 4.78 is 7.02. The van der Waals surface area contributed by atoms with Gasteiger partial charge in [-0.25, -0.2) is 4.68 Å². The van der Waals surface area contributed by atoms with Crippen molar-refractivity contribution in [2.45, 2.75) is 32.4 Å². The minimum Gasteiger partial charge on any atom is -0.381 e. The average molecular weight is 367 g/mol. The first-order valence-electron chi connectivity index (χ1n) is 8.20. The number of nitrogens with two attached hydrogens (primary N) is 1. The van der Waals surface area contributed by atoms with Gasteiger partial charge in [-0.15, -0.1) is 17.5 Å². The van der Waals surface area contributed by atoms with Gasteiger partial charge in [-0.05, 0) is 48.2 Å². The number of hydrogen-bond donors (Lipinski definition) is 2. The van der Waals surface area contributed by atoms with Crippen LogP contribution in [0.4, 0.5) is 5.69 Å². The van der Waals surface area contributed by atoms with Gasteiger partial charge in [0.25, 0.3) is 0 Å². The molecule has 0 aliphatic carbocycles. The molecular weight excluding hydrogens is 344 g/mol. The van der Waals surface area contributed by atoms with Gasteiger partial charge in [0.15, 0.2) is 5.82 Å². The van der Waals surface area contributed by atoms with Gasteiger partial charge in [0.05, 0.1) is 6.04 Å². The Morgan fingerprint density at radius 2 is 2.20 bits per heavy atom. The fourth-order valence-electron chi connectivity index (χ4n) is 2.88. The number of halogens is 1. The van der Waals surface area contributed by atoms with Crippen molar-refractivity contribution in [3.05, 3.63) is 24.3 Å². The summed E-state index contributed by atoms with van der Waals surface area (Å²) in [6.45, 7) is 3.98. The second kappa shape index (κ2) is 8.89. The first kappa shape index (κ1) is 19.3. The fourth-order valence-corrected chi connectivity index (χ4v) is 2.88. The second-order valence-corrected chi connectivity index (χ2v) is 5.86. The number of hydrogen-bond acceptors (Lipinski definition) is 6. The van der Waals surface area contributed by atoms with Crippen molar-refractivity contribution in [2.75, 3.05) is 18.5 Å². The zero-order chi connectivity index (χ0) is 16.9. The van der Waals surface area contributed by atoms with E-state index in [2.05, 4.69) is 20.8 Å². The molecule has 1 atom stereocenters. The number of carbonyl (C=O) groups excluding carboxylic acids is 1. The minimum absolute atomic E-state index is 0. The molecule has 1 amide bonds. The monoisotopic (exact) mass is 366 g/mol. The maximum atomic E-state index is 12.4. The normalized spacial score (nSPS) is 16.1. The maximum Gasteiger partial charge on any atom is 0.241 e. The van der Waals surface area contributed by atoms with Crippen LogP contribution in [0.25, 0.3) is 11.4 Å². The highest BCUT2D eigenvalue weighted by atomic mass is 35.5. The van der Waals surface area contributed by atoms with Crippen LogP contribution in [0.5, 0.6) is 0 Å². The third kappa shape index (κ3) is 4.53. The van der Waals surface area contributed by atoms with Gasteiger partial charge in [0, 0.05) is 31.0 Å². The van der Waals surface area contributed by atoms with E-state index < -0.39 is 6.04 Å². The maximum absolute atomic E-state index is 12.4. The van der Waals surface area contributed by atoms with Crippen LogP contribution in [0.1, 0.15) is 19.8 Å². The van der Waals surface area contributed by atoms with Crippen molar-refractivity contribution in [3.63, 3.8) is 0 Å². The molecule has 1 fully saturated rings. The molecule has 3 rings (SSSR count). The SMILES string of the molecule is CCn1nnnc1-c1cccc(NC(=O)C(N)C2CCOCC2)c1.Cl. The molecule has 0 spiro atoms. The number of ether oxygens (including phenoxy) is 1. The lowest BCUT2D eigenvalue weighted by molar-refractivity contribution is -0.119. The van der Waals surface area contributed by atoms with Crippen LogP contribution < -0.4 is 11.1 Å². The van der Waals surface area contributed by atoms with Gasteiger partial charge < -0.3 is 15.8 Å². The predicted octanol–water partition coefficient (Wildman–Crippen LogP) is 1.47. The Labute approximate surface area is 152 Å². The molecule has 0 bridgehead atoms. The summed E-state index contributed by atoms with van der Waals surface area (Å²) in [6, 6.07) is 6.93. The van der Waals surface area contributed by atoms with Crippen molar-refractivity contribution in [2.24, 2.45) is 11.7 Å². The minimum atomic E-state index is -0.529. The predicted molar refractivity (Wildman–Crippen MR) is 96.3 cm³/mol. The third-order valence-corrected chi connectivity index (χ3v) is 4.30. The van der Waals surface area contributed by atoms with Crippen molar-refractivity contribution in [1.82, 2.24) is 20.2 Å². The van der Waals surface area contributed by atoms with Crippen LogP contribution in [0.15, 0.2) is 24.3 Å². The van der Waals surface area contributed by atoms with Gasteiger partial charge in [-0.1, -0.05) is 12.1 Å². The van der Waals surface area contributed by atoms with Crippen molar-refractivity contribution < 1.29 is 9.53 Å². The van der Waals surface area contributed by atoms with E-state index in [0.717, 1.165) is 18.4 Å². The molecule has 1 aliphatic rings. The third-order valence-electron chi connectivity index (χ3n) is 4.30. The lowest BCUT2D eigenvalue weighted by atomic mass is 9.92. The Morgan fingerprint density at radius 1 is 1.44 bits per heavy atom. The van der Waals surface area contributed by atoms with Gasteiger partial charge in [-0.2, -0.15) is 0 Å². The average Bonchev–Trinajstić information content (AvgIpc) is 3.11. The highest BCUT2D eigenvalue weighted by molar-refractivity contribution is 5.95. The van der Waals surface area contributed by atoms with E-state index in [1.165, 1.54) is 0 Å². The molecule has 8 nitrogen and oxygen atoms in total. The molecule has 1 aromatic carbocycles. The Balaban J connectivity index is 0.00000225. The molecule has 1 aromatic heterocycles. The van der Waals surface area contributed by atoms with E-state index >= 15 is 0 Å². The van der Waals surface area contributed by atoms with Crippen LogP contribution in [0, 0.1) is 5.92 Å². The van der Waals surface area contributed by atoms with E-state index in [4.69, 9.17) is 10.5 Å². The molecule has 1 unspecified atom stereocenters. The fraction of sp³-hybridized carbons (Fsp3) is 0.500. The summed E-state index contributed by atoms with van der Waals surface area (Å²) in [5.41, 5.74) is 7.65. The van der Waals surface area contributed by atoms with Gasteiger partial charge in [0.1, 0.15) is 0 Å². The molecule has 0 radical (unpaired) electrons. The summed E-state index contributed by atoms with van der Waals surface area (Å²) in [5, 5.41) is 14.6. The molecule has 1 saturated heterocycles. The summed E-state index contributed by atoms with van der Waals surface area (Å²) in [6.07, 6.45) is 1.64. The number of rotatable bonds is 5. The molecule has 136 valence electrons. The van der Waals surface area contributed by atoms with Gasteiger partial charge in [0.2, 0.25) is 5.91 Å². The molecule has 25 heavy (non-hydrogen) atoms. The van der Waals surface area contributed by atoms with Crippen LogP contribution in [0.3, 0.4) is 0 Å². The summed E-state index contributed by atoms with van der Waals surface area (Å²) >= 11 is 0. The molecular formula is C16H23ClN6O2. The Kier molecular flexibility index (Phi) is 6.86. The Hall–Kier alpha value is -2.03. The smallest absolute Gasteiger partial charge is 0.241 e. The standard InChI is InChI=1S/C16H22N6O2.ClH/c1-2-22-15(19-20-21-22)12-4-3-5-13(10-12)18-16(23)14(17)11-6-8-24-9-7-11;/h3-5,10-11,14H,2,6-9,17H2,1H3,(H,18,23);1H. The van der Waals surface area contributed by atoms with Gasteiger partial charge >= 0.3 is 0 Å². The number of nitrogens with zero attached hydrogens (tertiary/aromatic N) is 4. The topological polar surface area (TPSA) is 108 Å². The molecule has 3 N–H and O–H groups in total. The second-order valence-electron chi connectivity index (χ2n) is 5.86. The molecule has 9 heteroatoms. The number of benzene rings is 1. The van der Waals surface area contributed by atoms with Crippen LogP contribution in [0.2, 0.25) is 0 Å². The largest absolute Gasteiger partial charge is 0.381 e. The number of amides is 1. The highest BCUT2D eigenvalue weighted by Gasteiger charge is 2.26. The number of anilines is 1. The summed E-state index contributed by atoms with van der Waals surface area (Å²) in [5.74, 6) is 0.658. The highest BCUT2D eigenvalue weighted by Crippen LogP contribution is 2.22. The van der Waals surface area contributed by atoms with Crippen molar-refractivity contribution >= 4 is 24.0 Å². The number of carbonyl (C=O) groups is 1. The summed E-state index contributed by atoms with van der Waals surface area (Å²) in [7, 11) is 0. The first-order chi connectivity index (χ1) is 11.7. The van der Waals surface area contributed by atoms with Crippen LogP contribution in [-0.4, -0.2) is 45.4 Å². The van der Waals surface area contributed by atoms with Crippen molar-refractivity contribution in [3.8, 4) is 11.4 Å². The van der Waals surface area contributed by atoms with Crippen molar-refractivity contribution in [1.29, 1.82) is 0 Å². The first-order valence-corrected chi connectivity index (χ1v) is 8.20. The number of tetrazole rings is 1. The lowest BCUT2D eigenvalue weighted by Crippen LogP contribution is -2.44. The number of aromatic nitrogens is 4. The molecule has 1 aliphatic heterocycles. The van der Waals surface area contributed by atoms with Crippen LogP contribution >= 0.6 is 12.4 Å². The Bertz CT molecular complexity index is 701. The molecule has 2 heterocycles. The van der Waals surface area contributed by atoms with Gasteiger partial charge in [-0.3, -0.25) is 4.79 Å². The molecule has 2 aromatic rings. The van der Waals surface area contributed by atoms with Crippen LogP contribution in [-0.2, 0) is 16.1 Å². The molecule has 0 saturated carbocycles. The van der Waals surface area contributed by atoms with E-state index in [1.54, 1.807) is 4.68 Å². The zero-order valence-corrected chi connectivity index (χ0v) is 14.9. The summed E-state index contributed by atoms with van der Waals surface area (Å²) in [4.78, 5) is 12.4. The Morgan fingerprint density at radius 3 is 2.92 bits per heavy atom.